The van der Waals surface area contributed by atoms with E-state index < -0.39 is 10.0 Å². The fourth-order valence-electron chi connectivity index (χ4n) is 1.69. The van der Waals surface area contributed by atoms with Gasteiger partial charge in [0.25, 0.3) is 0 Å². The molecule has 0 atom stereocenters. The monoisotopic (exact) mass is 330 g/mol. The molecule has 2 N–H and O–H groups in total. The van der Waals surface area contributed by atoms with Crippen LogP contribution in [0.3, 0.4) is 0 Å². The first-order valence-corrected chi connectivity index (χ1v) is 8.70. The number of nitrogens with two attached hydrogens (primary N) is 1. The molecule has 0 aliphatic heterocycles. The van der Waals surface area contributed by atoms with E-state index >= 15 is 0 Å². The molecule has 4 nitrogen and oxygen atoms in total. The number of thiophene rings is 1. The Morgan fingerprint density at radius 3 is 2.40 bits per heavy atom. The molecule has 0 radical (unpaired) electrons. The number of sulfonamides is 1. The Hall–Kier alpha value is -1.08. The molecule has 1 aromatic heterocycles. The Morgan fingerprint density at radius 1 is 1.20 bits per heavy atom. The largest absolute Gasteiger partial charge is 0.399 e. The minimum atomic E-state index is -3.36. The van der Waals surface area contributed by atoms with Gasteiger partial charge in [-0.15, -0.1) is 11.3 Å². The van der Waals surface area contributed by atoms with Crippen molar-refractivity contribution in [3.63, 3.8) is 0 Å². The molecular formula is C13H15ClN2O2S2. The maximum absolute atomic E-state index is 12.3. The molecule has 20 heavy (non-hydrogen) atoms. The Bertz CT molecular complexity index is 681. The van der Waals surface area contributed by atoms with Gasteiger partial charge in [-0.3, -0.25) is 0 Å². The van der Waals surface area contributed by atoms with Crippen molar-refractivity contribution in [2.45, 2.75) is 12.3 Å². The SMILES string of the molecule is CN(Cc1ccc(Cl)s1)S(=O)(=O)Cc1ccc(N)cc1. The Labute approximate surface area is 127 Å². The number of halogens is 1. The third kappa shape index (κ3) is 3.96. The molecule has 108 valence electrons. The number of hydrogen-bond acceptors (Lipinski definition) is 4. The van der Waals surface area contributed by atoms with E-state index in [4.69, 9.17) is 17.3 Å². The van der Waals surface area contributed by atoms with Crippen LogP contribution in [0.25, 0.3) is 0 Å². The van der Waals surface area contributed by atoms with Gasteiger partial charge in [0.2, 0.25) is 10.0 Å². The van der Waals surface area contributed by atoms with Gasteiger partial charge in [-0.1, -0.05) is 23.7 Å². The van der Waals surface area contributed by atoms with E-state index in [1.165, 1.54) is 15.6 Å². The van der Waals surface area contributed by atoms with Crippen LogP contribution in [0.5, 0.6) is 0 Å². The van der Waals surface area contributed by atoms with Crippen molar-refractivity contribution in [2.24, 2.45) is 0 Å². The third-order valence-electron chi connectivity index (χ3n) is 2.81. The van der Waals surface area contributed by atoms with Gasteiger partial charge in [0.15, 0.2) is 0 Å². The number of nitrogens with zero attached hydrogens (tertiary/aromatic N) is 1. The summed E-state index contributed by atoms with van der Waals surface area (Å²) >= 11 is 7.22. The van der Waals surface area contributed by atoms with E-state index in [-0.39, 0.29) is 5.75 Å². The van der Waals surface area contributed by atoms with Crippen LogP contribution in [0.1, 0.15) is 10.4 Å². The molecule has 0 bridgehead atoms. The van der Waals surface area contributed by atoms with Gasteiger partial charge in [-0.25, -0.2) is 8.42 Å². The van der Waals surface area contributed by atoms with Crippen LogP contribution in [0.4, 0.5) is 5.69 Å². The Morgan fingerprint density at radius 2 is 1.85 bits per heavy atom. The van der Waals surface area contributed by atoms with Crippen LogP contribution in [-0.2, 0) is 22.3 Å². The fraction of sp³-hybridized carbons (Fsp3) is 0.231. The quantitative estimate of drug-likeness (QED) is 0.857. The zero-order valence-electron chi connectivity index (χ0n) is 10.9. The van der Waals surface area contributed by atoms with Gasteiger partial charge < -0.3 is 5.73 Å². The van der Waals surface area contributed by atoms with E-state index in [9.17, 15) is 8.42 Å². The van der Waals surface area contributed by atoms with Crippen molar-refractivity contribution in [1.82, 2.24) is 4.31 Å². The molecule has 2 aromatic rings. The predicted octanol–water partition coefficient (Wildman–Crippen LogP) is 2.95. The van der Waals surface area contributed by atoms with E-state index in [0.29, 0.717) is 16.6 Å². The lowest BCUT2D eigenvalue weighted by molar-refractivity contribution is 0.469. The Kier molecular flexibility index (Phi) is 4.70. The van der Waals surface area contributed by atoms with Gasteiger partial charge in [-0.05, 0) is 29.8 Å². The van der Waals surface area contributed by atoms with Crippen LogP contribution in [0, 0.1) is 0 Å². The summed E-state index contributed by atoms with van der Waals surface area (Å²) in [6.45, 7) is 0.328. The first-order valence-electron chi connectivity index (χ1n) is 5.89. The van der Waals surface area contributed by atoms with Crippen LogP contribution >= 0.6 is 22.9 Å². The maximum Gasteiger partial charge on any atom is 0.218 e. The molecule has 0 saturated heterocycles. The van der Waals surface area contributed by atoms with Crippen molar-refractivity contribution >= 4 is 38.6 Å². The molecule has 0 fully saturated rings. The second-order valence-electron chi connectivity index (χ2n) is 4.46. The molecule has 0 aliphatic rings. The number of nitrogen functional groups attached to an aromatic ring is 1. The minimum Gasteiger partial charge on any atom is -0.399 e. The Balaban J connectivity index is 2.07. The summed E-state index contributed by atoms with van der Waals surface area (Å²) < 4.78 is 26.5. The molecule has 0 saturated carbocycles. The lowest BCUT2D eigenvalue weighted by Crippen LogP contribution is -2.27. The molecule has 0 unspecified atom stereocenters. The van der Waals surface area contributed by atoms with Crippen molar-refractivity contribution < 1.29 is 8.42 Å². The summed E-state index contributed by atoms with van der Waals surface area (Å²) in [5, 5.41) is 0. The number of hydrogen-bond donors (Lipinski definition) is 1. The molecule has 0 spiro atoms. The molecule has 1 heterocycles. The summed E-state index contributed by atoms with van der Waals surface area (Å²) in [6.07, 6.45) is 0. The maximum atomic E-state index is 12.3. The van der Waals surface area contributed by atoms with Crippen molar-refractivity contribution in [2.75, 3.05) is 12.8 Å². The molecule has 7 heteroatoms. The lowest BCUT2D eigenvalue weighted by Gasteiger charge is -2.16. The van der Waals surface area contributed by atoms with Crippen LogP contribution in [0.2, 0.25) is 4.34 Å². The first kappa shape index (κ1) is 15.3. The molecule has 0 aliphatic carbocycles. The number of rotatable bonds is 5. The normalized spacial score (nSPS) is 11.9. The summed E-state index contributed by atoms with van der Waals surface area (Å²) in [5.74, 6) is -0.0388. The molecule has 1 aromatic carbocycles. The average Bonchev–Trinajstić information content (AvgIpc) is 2.77. The summed E-state index contributed by atoms with van der Waals surface area (Å²) in [6, 6.07) is 10.4. The molecule has 0 amide bonds. The van der Waals surface area contributed by atoms with Gasteiger partial charge >= 0.3 is 0 Å². The van der Waals surface area contributed by atoms with Gasteiger partial charge in [0.1, 0.15) is 0 Å². The topological polar surface area (TPSA) is 63.4 Å². The van der Waals surface area contributed by atoms with E-state index in [1.54, 1.807) is 37.4 Å². The highest BCUT2D eigenvalue weighted by molar-refractivity contribution is 7.88. The zero-order chi connectivity index (χ0) is 14.8. The van der Waals surface area contributed by atoms with Gasteiger partial charge in [-0.2, -0.15) is 4.31 Å². The first-order chi connectivity index (χ1) is 9.37. The number of benzene rings is 1. The van der Waals surface area contributed by atoms with E-state index in [1.807, 2.05) is 6.07 Å². The van der Waals surface area contributed by atoms with E-state index in [0.717, 1.165) is 10.4 Å². The van der Waals surface area contributed by atoms with Crippen molar-refractivity contribution in [1.29, 1.82) is 0 Å². The smallest absolute Gasteiger partial charge is 0.218 e. The highest BCUT2D eigenvalue weighted by Crippen LogP contribution is 2.23. The fourth-order valence-corrected chi connectivity index (χ4v) is 4.08. The average molecular weight is 331 g/mol. The lowest BCUT2D eigenvalue weighted by atomic mass is 10.2. The van der Waals surface area contributed by atoms with Gasteiger partial charge in [0.05, 0.1) is 10.1 Å². The van der Waals surface area contributed by atoms with Crippen molar-refractivity contribution in [3.8, 4) is 0 Å². The van der Waals surface area contributed by atoms with Crippen molar-refractivity contribution in [3.05, 3.63) is 51.2 Å². The zero-order valence-corrected chi connectivity index (χ0v) is 13.3. The highest BCUT2D eigenvalue weighted by atomic mass is 35.5. The summed E-state index contributed by atoms with van der Waals surface area (Å²) in [5.41, 5.74) is 6.92. The second-order valence-corrected chi connectivity index (χ2v) is 8.34. The standard InChI is InChI=1S/C13H15ClN2O2S2/c1-16(8-12-6-7-13(14)19-12)20(17,18)9-10-2-4-11(15)5-3-10/h2-7H,8-9,15H2,1H3. The summed E-state index contributed by atoms with van der Waals surface area (Å²) in [4.78, 5) is 0.915. The predicted molar refractivity (Wildman–Crippen MR) is 84.3 cm³/mol. The third-order valence-corrected chi connectivity index (χ3v) is 5.80. The van der Waals surface area contributed by atoms with Gasteiger partial charge in [0, 0.05) is 24.2 Å². The van der Waals surface area contributed by atoms with Crippen LogP contribution in [-0.4, -0.2) is 19.8 Å². The molecular weight excluding hydrogens is 316 g/mol. The van der Waals surface area contributed by atoms with Crippen LogP contribution < -0.4 is 5.73 Å². The van der Waals surface area contributed by atoms with E-state index in [2.05, 4.69) is 0 Å². The molecule has 2 rings (SSSR count). The number of anilines is 1. The van der Waals surface area contributed by atoms with Crippen LogP contribution in [0.15, 0.2) is 36.4 Å². The summed E-state index contributed by atoms with van der Waals surface area (Å²) in [7, 11) is -1.79. The highest BCUT2D eigenvalue weighted by Gasteiger charge is 2.19. The minimum absolute atomic E-state index is 0.0388. The second kappa shape index (κ2) is 6.13.